The molecule has 0 aliphatic heterocycles. The lowest BCUT2D eigenvalue weighted by atomic mass is 10.1. The van der Waals surface area contributed by atoms with Gasteiger partial charge >= 0.3 is 0 Å². The summed E-state index contributed by atoms with van der Waals surface area (Å²) in [6.07, 6.45) is 5.68. The van der Waals surface area contributed by atoms with Gasteiger partial charge in [0.15, 0.2) is 5.78 Å². The van der Waals surface area contributed by atoms with E-state index in [2.05, 4.69) is 0 Å². The van der Waals surface area contributed by atoms with Crippen LogP contribution in [0.5, 0.6) is 0 Å². The van der Waals surface area contributed by atoms with Crippen LogP contribution in [-0.2, 0) is 9.53 Å². The molecule has 0 bridgehead atoms. The maximum Gasteiger partial charge on any atom is 0.155 e. The van der Waals surface area contributed by atoms with Crippen LogP contribution in [0.1, 0.15) is 32.6 Å². The smallest absolute Gasteiger partial charge is 0.155 e. The van der Waals surface area contributed by atoms with Crippen LogP contribution in [0.25, 0.3) is 0 Å². The normalized spacial score (nSPS) is 18.8. The summed E-state index contributed by atoms with van der Waals surface area (Å²) < 4.78 is 5.26. The fraction of sp³-hybridized carbons (Fsp3) is 0.700. The molecule has 1 rings (SSSR count). The summed E-state index contributed by atoms with van der Waals surface area (Å²) >= 11 is 0. The highest BCUT2D eigenvalue weighted by molar-refractivity contribution is 5.90. The van der Waals surface area contributed by atoms with E-state index in [1.54, 1.807) is 6.08 Å². The minimum Gasteiger partial charge on any atom is -0.377 e. The highest BCUT2D eigenvalue weighted by Crippen LogP contribution is 2.15. The molecule has 0 amide bonds. The van der Waals surface area contributed by atoms with E-state index in [-0.39, 0.29) is 5.78 Å². The first-order chi connectivity index (χ1) is 5.83. The molecular formula is C10H16O2. The standard InChI is InChI=1S/C10H16O2/c1-2-12-8-9-5-3-4-6-10(11)7-9/h7H,2-6,8H2,1H3. The summed E-state index contributed by atoms with van der Waals surface area (Å²) in [7, 11) is 0. The molecule has 0 radical (unpaired) electrons. The molecule has 0 atom stereocenters. The maximum absolute atomic E-state index is 11.1. The molecule has 0 aromatic rings. The first-order valence-electron chi connectivity index (χ1n) is 4.63. The number of allylic oxidation sites excluding steroid dienone is 1. The zero-order valence-electron chi connectivity index (χ0n) is 7.64. The summed E-state index contributed by atoms with van der Waals surface area (Å²) in [6.45, 7) is 3.34. The molecule has 0 fully saturated rings. The quantitative estimate of drug-likeness (QED) is 0.645. The van der Waals surface area contributed by atoms with Gasteiger partial charge in [0.1, 0.15) is 0 Å². The zero-order valence-corrected chi connectivity index (χ0v) is 7.64. The Kier molecular flexibility index (Phi) is 4.01. The van der Waals surface area contributed by atoms with Crippen molar-refractivity contribution in [3.63, 3.8) is 0 Å². The van der Waals surface area contributed by atoms with E-state index in [9.17, 15) is 4.79 Å². The fourth-order valence-corrected chi connectivity index (χ4v) is 1.37. The predicted molar refractivity (Wildman–Crippen MR) is 48.1 cm³/mol. The molecule has 0 aromatic heterocycles. The number of hydrogen-bond donors (Lipinski definition) is 0. The Morgan fingerprint density at radius 2 is 2.17 bits per heavy atom. The lowest BCUT2D eigenvalue weighted by Crippen LogP contribution is -1.99. The molecule has 0 N–H and O–H groups in total. The van der Waals surface area contributed by atoms with E-state index >= 15 is 0 Å². The van der Waals surface area contributed by atoms with Crippen molar-refractivity contribution in [1.82, 2.24) is 0 Å². The fourth-order valence-electron chi connectivity index (χ4n) is 1.37. The monoisotopic (exact) mass is 168 g/mol. The number of carbonyl (C=O) groups excluding carboxylic acids is 1. The van der Waals surface area contributed by atoms with E-state index in [0.717, 1.165) is 32.3 Å². The molecule has 0 saturated heterocycles. The minimum absolute atomic E-state index is 0.266. The van der Waals surface area contributed by atoms with E-state index < -0.39 is 0 Å². The van der Waals surface area contributed by atoms with Gasteiger partial charge in [0.25, 0.3) is 0 Å². The molecule has 2 nitrogen and oxygen atoms in total. The van der Waals surface area contributed by atoms with Gasteiger partial charge in [0, 0.05) is 13.0 Å². The van der Waals surface area contributed by atoms with Gasteiger partial charge in [-0.25, -0.2) is 0 Å². The van der Waals surface area contributed by atoms with Crippen LogP contribution in [0.4, 0.5) is 0 Å². The molecule has 0 aromatic carbocycles. The molecule has 0 unspecified atom stereocenters. The van der Waals surface area contributed by atoms with Gasteiger partial charge in [-0.15, -0.1) is 0 Å². The third-order valence-corrected chi connectivity index (χ3v) is 2.03. The lowest BCUT2D eigenvalue weighted by Gasteiger charge is -2.03. The highest BCUT2D eigenvalue weighted by atomic mass is 16.5. The molecule has 2 heteroatoms. The van der Waals surface area contributed by atoms with Crippen molar-refractivity contribution in [2.24, 2.45) is 0 Å². The number of hydrogen-bond acceptors (Lipinski definition) is 2. The molecular weight excluding hydrogens is 152 g/mol. The van der Waals surface area contributed by atoms with Crippen molar-refractivity contribution in [1.29, 1.82) is 0 Å². The Bertz CT molecular complexity index is 182. The van der Waals surface area contributed by atoms with Gasteiger partial charge in [0.2, 0.25) is 0 Å². The Hall–Kier alpha value is -0.630. The van der Waals surface area contributed by atoms with Crippen molar-refractivity contribution < 1.29 is 9.53 Å². The van der Waals surface area contributed by atoms with Crippen LogP contribution in [0.2, 0.25) is 0 Å². The second-order valence-electron chi connectivity index (χ2n) is 3.11. The van der Waals surface area contributed by atoms with Crippen LogP contribution >= 0.6 is 0 Å². The van der Waals surface area contributed by atoms with Crippen LogP contribution < -0.4 is 0 Å². The molecule has 68 valence electrons. The number of carbonyl (C=O) groups is 1. The molecule has 1 aliphatic carbocycles. The van der Waals surface area contributed by atoms with Gasteiger partial charge in [-0.05, 0) is 37.8 Å². The Morgan fingerprint density at radius 3 is 2.92 bits per heavy atom. The van der Waals surface area contributed by atoms with Crippen molar-refractivity contribution in [3.8, 4) is 0 Å². The minimum atomic E-state index is 0.266. The summed E-state index contributed by atoms with van der Waals surface area (Å²) in [5.74, 6) is 0.266. The van der Waals surface area contributed by atoms with E-state index in [1.165, 1.54) is 5.57 Å². The van der Waals surface area contributed by atoms with Crippen LogP contribution in [0.3, 0.4) is 0 Å². The van der Waals surface area contributed by atoms with Crippen LogP contribution in [0.15, 0.2) is 11.6 Å². The molecule has 12 heavy (non-hydrogen) atoms. The van der Waals surface area contributed by atoms with Crippen LogP contribution in [0, 0.1) is 0 Å². The Morgan fingerprint density at radius 1 is 1.42 bits per heavy atom. The van der Waals surface area contributed by atoms with E-state index in [4.69, 9.17) is 4.74 Å². The average molecular weight is 168 g/mol. The van der Waals surface area contributed by atoms with Crippen molar-refractivity contribution in [2.75, 3.05) is 13.2 Å². The summed E-state index contributed by atoms with van der Waals surface area (Å²) in [4.78, 5) is 11.1. The van der Waals surface area contributed by atoms with Crippen LogP contribution in [-0.4, -0.2) is 19.0 Å². The highest BCUT2D eigenvalue weighted by Gasteiger charge is 2.07. The lowest BCUT2D eigenvalue weighted by molar-refractivity contribution is -0.114. The predicted octanol–water partition coefficient (Wildman–Crippen LogP) is 2.09. The SMILES string of the molecule is CCOCC1=CC(=O)CCCC1. The Labute approximate surface area is 73.6 Å². The molecule has 0 heterocycles. The third kappa shape index (κ3) is 3.18. The Balaban J connectivity index is 2.42. The topological polar surface area (TPSA) is 26.3 Å². The van der Waals surface area contributed by atoms with E-state index in [1.807, 2.05) is 6.92 Å². The van der Waals surface area contributed by atoms with Gasteiger partial charge in [-0.3, -0.25) is 4.79 Å². The zero-order chi connectivity index (χ0) is 8.81. The maximum atomic E-state index is 11.1. The first-order valence-corrected chi connectivity index (χ1v) is 4.63. The summed E-state index contributed by atoms with van der Waals surface area (Å²) in [5, 5.41) is 0. The molecule has 0 spiro atoms. The van der Waals surface area contributed by atoms with Crippen molar-refractivity contribution >= 4 is 5.78 Å². The van der Waals surface area contributed by atoms with Gasteiger partial charge in [-0.1, -0.05) is 0 Å². The number of ketones is 1. The summed E-state index contributed by atoms with van der Waals surface area (Å²) in [6, 6.07) is 0. The number of ether oxygens (including phenoxy) is 1. The average Bonchev–Trinajstić information content (AvgIpc) is 2.26. The molecule has 1 aliphatic rings. The van der Waals surface area contributed by atoms with Gasteiger partial charge in [0.05, 0.1) is 6.61 Å². The second-order valence-corrected chi connectivity index (χ2v) is 3.11. The van der Waals surface area contributed by atoms with Gasteiger partial charge < -0.3 is 4.74 Å². The van der Waals surface area contributed by atoms with Crippen molar-refractivity contribution in [3.05, 3.63) is 11.6 Å². The van der Waals surface area contributed by atoms with Crippen molar-refractivity contribution in [2.45, 2.75) is 32.6 Å². The summed E-state index contributed by atoms with van der Waals surface area (Å²) in [5.41, 5.74) is 1.17. The second kappa shape index (κ2) is 5.09. The number of rotatable bonds is 3. The first kappa shape index (κ1) is 9.46. The van der Waals surface area contributed by atoms with Gasteiger partial charge in [-0.2, -0.15) is 0 Å². The molecule has 0 saturated carbocycles. The largest absolute Gasteiger partial charge is 0.377 e. The van der Waals surface area contributed by atoms with E-state index in [0.29, 0.717) is 6.61 Å². The third-order valence-electron chi connectivity index (χ3n) is 2.03.